The lowest BCUT2D eigenvalue weighted by atomic mass is 9.89. The number of carbonyl (C=O) groups is 1. The maximum Gasteiger partial charge on any atom is 0.227 e. The number of carbonyl (C=O) groups excluding carboxylic acids is 1. The van der Waals surface area contributed by atoms with Gasteiger partial charge in [0, 0.05) is 32.7 Å². The van der Waals surface area contributed by atoms with Crippen molar-refractivity contribution in [3.63, 3.8) is 0 Å². The minimum absolute atomic E-state index is 0.119. The molecule has 0 bridgehead atoms. The van der Waals surface area contributed by atoms with E-state index in [1.165, 1.54) is 10.7 Å². The van der Waals surface area contributed by atoms with Gasteiger partial charge in [0.25, 0.3) is 0 Å². The van der Waals surface area contributed by atoms with Gasteiger partial charge in [-0.3, -0.25) is 4.79 Å². The maximum absolute atomic E-state index is 12.9. The molecule has 1 amide bonds. The second kappa shape index (κ2) is 6.69. The zero-order valence-corrected chi connectivity index (χ0v) is 15.1. The number of amides is 1. The Labute approximate surface area is 139 Å². The van der Waals surface area contributed by atoms with Gasteiger partial charge in [-0.1, -0.05) is 0 Å². The molecule has 0 spiro atoms. The molecule has 3 aliphatic rings. The summed E-state index contributed by atoms with van der Waals surface area (Å²) in [6.45, 7) is 6.53. The Morgan fingerprint density at radius 1 is 1.04 bits per heavy atom. The first-order valence-corrected chi connectivity index (χ1v) is 10.5. The highest BCUT2D eigenvalue weighted by Crippen LogP contribution is 2.32. The van der Waals surface area contributed by atoms with E-state index < -0.39 is 10.0 Å². The number of fused-ring (bicyclic) bond motifs is 1. The molecule has 3 saturated heterocycles. The number of likely N-dealkylation sites (tertiary alicyclic amines) is 2. The summed E-state index contributed by atoms with van der Waals surface area (Å²) in [6.07, 6.45) is 2.78. The fraction of sp³-hybridized carbons (Fsp3) is 0.938. The smallest absolute Gasteiger partial charge is 0.227 e. The summed E-state index contributed by atoms with van der Waals surface area (Å²) in [5.41, 5.74) is 0. The Morgan fingerprint density at radius 3 is 2.52 bits per heavy atom. The van der Waals surface area contributed by atoms with Crippen LogP contribution in [0.4, 0.5) is 0 Å². The zero-order valence-electron chi connectivity index (χ0n) is 14.3. The molecule has 0 N–H and O–H groups in total. The molecule has 0 radical (unpaired) electrons. The number of hydrogen-bond acceptors (Lipinski definition) is 4. The van der Waals surface area contributed by atoms with Crippen LogP contribution in [0.25, 0.3) is 0 Å². The van der Waals surface area contributed by atoms with Crippen molar-refractivity contribution in [1.29, 1.82) is 0 Å². The summed E-state index contributed by atoms with van der Waals surface area (Å²) in [5.74, 6) is 1.38. The molecule has 3 heterocycles. The molecule has 3 aliphatic heterocycles. The van der Waals surface area contributed by atoms with Crippen LogP contribution < -0.4 is 0 Å². The van der Waals surface area contributed by atoms with Gasteiger partial charge in [-0.15, -0.1) is 0 Å². The largest absolute Gasteiger partial charge is 0.342 e. The zero-order chi connectivity index (χ0) is 16.6. The predicted molar refractivity (Wildman–Crippen MR) is 89.4 cm³/mol. The van der Waals surface area contributed by atoms with Crippen LogP contribution in [0.1, 0.15) is 26.2 Å². The van der Waals surface area contributed by atoms with Gasteiger partial charge in [-0.05, 0) is 51.6 Å². The van der Waals surface area contributed by atoms with Crippen LogP contribution in [0.15, 0.2) is 0 Å². The van der Waals surface area contributed by atoms with E-state index in [2.05, 4.69) is 11.9 Å². The molecule has 0 aliphatic carbocycles. The Bertz CT molecular complexity index is 551. The van der Waals surface area contributed by atoms with Crippen molar-refractivity contribution in [2.24, 2.45) is 17.8 Å². The van der Waals surface area contributed by atoms with E-state index in [9.17, 15) is 13.2 Å². The summed E-state index contributed by atoms with van der Waals surface area (Å²) in [4.78, 5) is 17.2. The summed E-state index contributed by atoms with van der Waals surface area (Å²) in [5, 5.41) is 0. The van der Waals surface area contributed by atoms with E-state index in [4.69, 9.17) is 0 Å². The quantitative estimate of drug-likeness (QED) is 0.747. The van der Waals surface area contributed by atoms with Crippen LogP contribution in [-0.2, 0) is 14.8 Å². The van der Waals surface area contributed by atoms with Crippen molar-refractivity contribution in [3.05, 3.63) is 0 Å². The van der Waals surface area contributed by atoms with Crippen molar-refractivity contribution in [1.82, 2.24) is 14.1 Å². The molecule has 3 fully saturated rings. The first-order valence-electron chi connectivity index (χ1n) is 8.86. The molecule has 23 heavy (non-hydrogen) atoms. The second-order valence-electron chi connectivity index (χ2n) is 7.41. The third-order valence-electron chi connectivity index (χ3n) is 5.81. The van der Waals surface area contributed by atoms with Gasteiger partial charge in [-0.2, -0.15) is 0 Å². The van der Waals surface area contributed by atoms with E-state index in [0.717, 1.165) is 39.0 Å². The van der Waals surface area contributed by atoms with Crippen molar-refractivity contribution >= 4 is 15.9 Å². The number of rotatable bonds is 3. The van der Waals surface area contributed by atoms with E-state index in [0.29, 0.717) is 24.9 Å². The first kappa shape index (κ1) is 17.2. The standard InChI is InChI=1S/C16H29N3O3S/c1-3-23(21,22)19-7-4-5-14(12-19)16(20)18-10-13-6-8-17(2)9-15(13)11-18/h13-15H,3-12H2,1-2H3/t13-,14?,15+/m0/s1. The van der Waals surface area contributed by atoms with Crippen molar-refractivity contribution in [2.75, 3.05) is 52.1 Å². The van der Waals surface area contributed by atoms with Gasteiger partial charge < -0.3 is 9.80 Å². The van der Waals surface area contributed by atoms with Gasteiger partial charge in [0.1, 0.15) is 0 Å². The molecule has 0 aromatic carbocycles. The van der Waals surface area contributed by atoms with Crippen LogP contribution in [0.2, 0.25) is 0 Å². The van der Waals surface area contributed by atoms with Gasteiger partial charge in [0.05, 0.1) is 11.7 Å². The minimum Gasteiger partial charge on any atom is -0.342 e. The maximum atomic E-state index is 12.9. The van der Waals surface area contributed by atoms with E-state index >= 15 is 0 Å². The average Bonchev–Trinajstić information content (AvgIpc) is 2.97. The van der Waals surface area contributed by atoms with Gasteiger partial charge >= 0.3 is 0 Å². The number of nitrogens with zero attached hydrogens (tertiary/aromatic N) is 3. The fourth-order valence-electron chi connectivity index (χ4n) is 4.37. The highest BCUT2D eigenvalue weighted by Gasteiger charge is 2.41. The van der Waals surface area contributed by atoms with Crippen LogP contribution in [-0.4, -0.2) is 80.5 Å². The van der Waals surface area contributed by atoms with Crippen LogP contribution in [0.5, 0.6) is 0 Å². The molecule has 0 saturated carbocycles. The van der Waals surface area contributed by atoms with E-state index in [1.807, 2.05) is 4.90 Å². The Balaban J connectivity index is 1.62. The third kappa shape index (κ3) is 3.56. The molecular weight excluding hydrogens is 314 g/mol. The lowest BCUT2D eigenvalue weighted by molar-refractivity contribution is -0.135. The number of piperidine rings is 2. The van der Waals surface area contributed by atoms with Gasteiger partial charge in [0.2, 0.25) is 15.9 Å². The Kier molecular flexibility index (Phi) is 4.99. The highest BCUT2D eigenvalue weighted by atomic mass is 32.2. The molecule has 0 aromatic heterocycles. The van der Waals surface area contributed by atoms with Gasteiger partial charge in [-0.25, -0.2) is 12.7 Å². The molecule has 1 unspecified atom stereocenters. The highest BCUT2D eigenvalue weighted by molar-refractivity contribution is 7.89. The molecule has 6 nitrogen and oxygen atoms in total. The summed E-state index contributed by atoms with van der Waals surface area (Å²) in [6, 6.07) is 0. The number of hydrogen-bond donors (Lipinski definition) is 0. The topological polar surface area (TPSA) is 60.9 Å². The SMILES string of the molecule is CCS(=O)(=O)N1CCCC(C(=O)N2C[C@H]3CN(C)CC[C@H]3C2)C1. The molecule has 3 atom stereocenters. The van der Waals surface area contributed by atoms with Gasteiger partial charge in [0.15, 0.2) is 0 Å². The predicted octanol–water partition coefficient (Wildman–Crippen LogP) is 0.458. The lowest BCUT2D eigenvalue weighted by Gasteiger charge is -2.33. The van der Waals surface area contributed by atoms with Crippen LogP contribution in [0, 0.1) is 17.8 Å². The van der Waals surface area contributed by atoms with E-state index in [-0.39, 0.29) is 17.6 Å². The molecular formula is C16H29N3O3S. The molecule has 132 valence electrons. The average molecular weight is 343 g/mol. The fourth-order valence-corrected chi connectivity index (χ4v) is 5.55. The Morgan fingerprint density at radius 2 is 1.78 bits per heavy atom. The second-order valence-corrected chi connectivity index (χ2v) is 9.67. The summed E-state index contributed by atoms with van der Waals surface area (Å²) < 4.78 is 25.7. The normalized spacial score (nSPS) is 33.7. The molecule has 3 rings (SSSR count). The molecule has 7 heteroatoms. The third-order valence-corrected chi connectivity index (χ3v) is 7.66. The number of sulfonamides is 1. The summed E-state index contributed by atoms with van der Waals surface area (Å²) >= 11 is 0. The minimum atomic E-state index is -3.18. The van der Waals surface area contributed by atoms with Crippen LogP contribution in [0.3, 0.4) is 0 Å². The lowest BCUT2D eigenvalue weighted by Crippen LogP contribution is -2.46. The van der Waals surface area contributed by atoms with Crippen molar-refractivity contribution in [3.8, 4) is 0 Å². The van der Waals surface area contributed by atoms with Crippen molar-refractivity contribution in [2.45, 2.75) is 26.2 Å². The summed E-state index contributed by atoms with van der Waals surface area (Å²) in [7, 11) is -1.04. The monoisotopic (exact) mass is 343 g/mol. The van der Waals surface area contributed by atoms with Crippen LogP contribution >= 0.6 is 0 Å². The van der Waals surface area contributed by atoms with E-state index in [1.54, 1.807) is 6.92 Å². The molecule has 0 aromatic rings. The Hall–Kier alpha value is -0.660. The van der Waals surface area contributed by atoms with Crippen molar-refractivity contribution < 1.29 is 13.2 Å². The first-order chi connectivity index (χ1) is 10.9.